The Balaban J connectivity index is 1.41. The van der Waals surface area contributed by atoms with Gasteiger partial charge in [-0.1, -0.05) is 24.3 Å². The Labute approximate surface area is 163 Å². The van der Waals surface area contributed by atoms with E-state index in [4.69, 9.17) is 13.3 Å². The van der Waals surface area contributed by atoms with Crippen molar-refractivity contribution in [2.45, 2.75) is 0 Å². The minimum Gasteiger partial charge on any atom is -0.461 e. The summed E-state index contributed by atoms with van der Waals surface area (Å²) in [7, 11) is 0. The highest BCUT2D eigenvalue weighted by molar-refractivity contribution is 6.41. The number of nitrogens with zero attached hydrogens (tertiary/aromatic N) is 1. The van der Waals surface area contributed by atoms with Gasteiger partial charge in [-0.25, -0.2) is 0 Å². The molecule has 6 heteroatoms. The molecule has 0 bridgehead atoms. The minimum atomic E-state index is -0.332. The van der Waals surface area contributed by atoms with Gasteiger partial charge in [-0.05, 0) is 35.0 Å². The van der Waals surface area contributed by atoms with Crippen molar-refractivity contribution in [2.75, 3.05) is 0 Å². The van der Waals surface area contributed by atoms with E-state index in [-0.39, 0.29) is 28.7 Å². The summed E-state index contributed by atoms with van der Waals surface area (Å²) < 4.78 is 16.6. The molecular formula is C23H11NO5. The molecule has 2 aromatic carbocycles. The van der Waals surface area contributed by atoms with Crippen LogP contribution in [-0.2, 0) is 0 Å². The second kappa shape index (κ2) is 5.65. The fourth-order valence-electron chi connectivity index (χ4n) is 3.62. The lowest BCUT2D eigenvalue weighted by atomic mass is 10.0. The number of benzene rings is 2. The lowest BCUT2D eigenvalue weighted by Crippen LogP contribution is -2.00. The Hall–Kier alpha value is -4.19. The molecule has 0 N–H and O–H groups in total. The fourth-order valence-corrected chi connectivity index (χ4v) is 3.62. The molecule has 1 aliphatic rings. The van der Waals surface area contributed by atoms with Gasteiger partial charge < -0.3 is 13.3 Å². The van der Waals surface area contributed by atoms with Gasteiger partial charge >= 0.3 is 0 Å². The molecule has 6 nitrogen and oxygen atoms in total. The van der Waals surface area contributed by atoms with Crippen LogP contribution in [0.5, 0.6) is 0 Å². The summed E-state index contributed by atoms with van der Waals surface area (Å²) in [5.41, 5.74) is 1.50. The zero-order valence-electron chi connectivity index (χ0n) is 14.8. The van der Waals surface area contributed by atoms with Gasteiger partial charge in [-0.15, -0.1) is 0 Å². The van der Waals surface area contributed by atoms with Gasteiger partial charge in [0, 0.05) is 23.3 Å². The highest BCUT2D eigenvalue weighted by Gasteiger charge is 2.34. The molecule has 0 amide bonds. The number of carbonyl (C=O) groups is 2. The zero-order valence-corrected chi connectivity index (χ0v) is 14.8. The number of ketones is 2. The maximum Gasteiger partial charge on any atom is 0.266 e. The third kappa shape index (κ3) is 2.32. The van der Waals surface area contributed by atoms with Gasteiger partial charge in [0.2, 0.25) is 5.89 Å². The van der Waals surface area contributed by atoms with Crippen LogP contribution in [0, 0.1) is 0 Å². The summed E-state index contributed by atoms with van der Waals surface area (Å²) in [6.45, 7) is 0. The van der Waals surface area contributed by atoms with E-state index in [0.717, 1.165) is 10.8 Å². The van der Waals surface area contributed by atoms with E-state index in [2.05, 4.69) is 4.98 Å². The van der Waals surface area contributed by atoms with Gasteiger partial charge in [0.05, 0.1) is 11.8 Å². The number of aromatic nitrogens is 1. The highest BCUT2D eigenvalue weighted by atomic mass is 16.4. The molecule has 138 valence electrons. The van der Waals surface area contributed by atoms with Gasteiger partial charge in [0.15, 0.2) is 28.7 Å². The molecule has 0 spiro atoms. The first-order chi connectivity index (χ1) is 14.2. The number of allylic oxidation sites excluding steroid dienone is 1. The summed E-state index contributed by atoms with van der Waals surface area (Å²) >= 11 is 0. The molecule has 3 aromatic heterocycles. The standard InChI is InChI=1S/C23H11NO5/c25-21-14-8-12-4-1-2-5-13(12)9-15(14)22(26)16(21)10-20-24-23-19(28-20)11-18(29-23)17-6-3-7-27-17/h1-11H. The number of Topliss-reactive ketones (excluding diaryl/α,β-unsaturated/α-hetero) is 2. The maximum atomic E-state index is 12.8. The number of carbonyl (C=O) groups excluding carboxylic acids is 2. The van der Waals surface area contributed by atoms with Crippen molar-refractivity contribution in [2.24, 2.45) is 0 Å². The van der Waals surface area contributed by atoms with Crippen LogP contribution in [-0.4, -0.2) is 16.6 Å². The largest absolute Gasteiger partial charge is 0.461 e. The molecule has 0 saturated carbocycles. The topological polar surface area (TPSA) is 86.4 Å². The average molecular weight is 381 g/mol. The quantitative estimate of drug-likeness (QED) is 0.305. The SMILES string of the molecule is O=C1C(=Cc2nc3oc(-c4ccco4)cc3o2)C(=O)c2cc3ccccc3cc21. The highest BCUT2D eigenvalue weighted by Crippen LogP contribution is 2.33. The van der Waals surface area contributed by atoms with Crippen LogP contribution < -0.4 is 0 Å². The van der Waals surface area contributed by atoms with Crippen molar-refractivity contribution in [3.8, 4) is 11.5 Å². The van der Waals surface area contributed by atoms with E-state index in [1.54, 1.807) is 36.6 Å². The van der Waals surface area contributed by atoms with E-state index in [1.807, 2.05) is 24.3 Å². The molecule has 0 atom stereocenters. The average Bonchev–Trinajstić information content (AvgIpc) is 3.48. The number of oxazole rings is 1. The zero-order chi connectivity index (χ0) is 19.5. The van der Waals surface area contributed by atoms with Gasteiger partial charge in [-0.2, -0.15) is 4.98 Å². The maximum absolute atomic E-state index is 12.8. The summed E-state index contributed by atoms with van der Waals surface area (Å²) in [6, 6.07) is 16.3. The first kappa shape index (κ1) is 15.8. The monoisotopic (exact) mass is 381 g/mol. The number of fused-ring (bicyclic) bond motifs is 3. The van der Waals surface area contributed by atoms with Crippen molar-refractivity contribution in [1.82, 2.24) is 4.98 Å². The molecule has 0 fully saturated rings. The van der Waals surface area contributed by atoms with Gasteiger partial charge in [-0.3, -0.25) is 9.59 Å². The van der Waals surface area contributed by atoms with Gasteiger partial charge in [0.25, 0.3) is 5.71 Å². The van der Waals surface area contributed by atoms with E-state index >= 15 is 0 Å². The molecule has 0 aliphatic heterocycles. The van der Waals surface area contributed by atoms with Crippen LogP contribution in [0.3, 0.4) is 0 Å². The van der Waals surface area contributed by atoms with Crippen LogP contribution in [0.15, 0.2) is 79.7 Å². The van der Waals surface area contributed by atoms with Crippen molar-refractivity contribution >= 4 is 39.7 Å². The van der Waals surface area contributed by atoms with Crippen molar-refractivity contribution in [3.63, 3.8) is 0 Å². The van der Waals surface area contributed by atoms with Crippen LogP contribution in [0.2, 0.25) is 0 Å². The Morgan fingerprint density at radius 1 is 0.793 bits per heavy atom. The summed E-state index contributed by atoms with van der Waals surface area (Å²) in [6.07, 6.45) is 2.92. The smallest absolute Gasteiger partial charge is 0.266 e. The predicted octanol–water partition coefficient (Wildman–Crippen LogP) is 5.30. The minimum absolute atomic E-state index is 0.0328. The molecular weight excluding hydrogens is 370 g/mol. The summed E-state index contributed by atoms with van der Waals surface area (Å²) in [5, 5.41) is 1.82. The number of hydrogen-bond acceptors (Lipinski definition) is 6. The molecule has 6 rings (SSSR count). The second-order valence-corrected chi connectivity index (χ2v) is 6.77. The Bertz CT molecular complexity index is 1390. The summed E-state index contributed by atoms with van der Waals surface area (Å²) in [5.74, 6) is 0.520. The second-order valence-electron chi connectivity index (χ2n) is 6.77. The van der Waals surface area contributed by atoms with Crippen molar-refractivity contribution in [1.29, 1.82) is 0 Å². The number of rotatable bonds is 2. The molecule has 3 heterocycles. The van der Waals surface area contributed by atoms with Crippen molar-refractivity contribution < 1.29 is 22.8 Å². The summed E-state index contributed by atoms with van der Waals surface area (Å²) in [4.78, 5) is 29.9. The Morgan fingerprint density at radius 3 is 2.14 bits per heavy atom. The first-order valence-electron chi connectivity index (χ1n) is 8.95. The normalized spacial score (nSPS) is 13.6. The molecule has 0 unspecified atom stereocenters. The predicted molar refractivity (Wildman–Crippen MR) is 105 cm³/mol. The molecule has 29 heavy (non-hydrogen) atoms. The number of hydrogen-bond donors (Lipinski definition) is 0. The Kier molecular flexibility index (Phi) is 3.09. The first-order valence-corrected chi connectivity index (χ1v) is 8.95. The molecule has 0 radical (unpaired) electrons. The van der Waals surface area contributed by atoms with Crippen LogP contribution >= 0.6 is 0 Å². The lowest BCUT2D eigenvalue weighted by Gasteiger charge is -2.00. The van der Waals surface area contributed by atoms with Crippen LogP contribution in [0.1, 0.15) is 26.6 Å². The molecule has 1 aliphatic carbocycles. The lowest BCUT2D eigenvalue weighted by molar-refractivity contribution is 0.0990. The van der Waals surface area contributed by atoms with Gasteiger partial charge in [0.1, 0.15) is 0 Å². The third-order valence-corrected chi connectivity index (χ3v) is 5.00. The third-order valence-electron chi connectivity index (χ3n) is 5.00. The van der Waals surface area contributed by atoms with Crippen LogP contribution in [0.25, 0.3) is 39.7 Å². The fraction of sp³-hybridized carbons (Fsp3) is 0. The molecule has 0 saturated heterocycles. The Morgan fingerprint density at radius 2 is 1.52 bits per heavy atom. The van der Waals surface area contributed by atoms with E-state index in [0.29, 0.717) is 28.2 Å². The van der Waals surface area contributed by atoms with Crippen molar-refractivity contribution in [3.05, 3.63) is 83.5 Å². The van der Waals surface area contributed by atoms with E-state index < -0.39 is 0 Å². The van der Waals surface area contributed by atoms with Crippen LogP contribution in [0.4, 0.5) is 0 Å². The molecule has 5 aromatic rings. The van der Waals surface area contributed by atoms with E-state index in [1.165, 1.54) is 6.08 Å². The van der Waals surface area contributed by atoms with E-state index in [9.17, 15) is 9.59 Å². The number of furan rings is 2.